The van der Waals surface area contributed by atoms with Gasteiger partial charge in [-0.25, -0.2) is 4.98 Å². The number of H-pyrrole nitrogens is 1. The standard InChI is InChI=1S/C21H20N6O/c1-27-14-17(20(26-27)16-7-10-22-11-8-16)21(28)23-12-9-19-24-13-18(25-19)15-5-3-2-4-6-15/h2-8,10-11,13-14H,9,12H2,1H3,(H,23,28)(H,24,25). The number of carbonyl (C=O) groups is 1. The van der Waals surface area contributed by atoms with Crippen LogP contribution in [0.1, 0.15) is 16.2 Å². The van der Waals surface area contributed by atoms with Gasteiger partial charge in [-0.05, 0) is 17.7 Å². The first-order valence-corrected chi connectivity index (χ1v) is 9.02. The van der Waals surface area contributed by atoms with Crippen molar-refractivity contribution in [1.82, 2.24) is 30.0 Å². The highest BCUT2D eigenvalue weighted by atomic mass is 16.1. The number of rotatable bonds is 6. The largest absolute Gasteiger partial charge is 0.351 e. The van der Waals surface area contributed by atoms with E-state index in [9.17, 15) is 4.79 Å². The van der Waals surface area contributed by atoms with E-state index in [1.165, 1.54) is 0 Å². The molecule has 0 aliphatic rings. The average molecular weight is 372 g/mol. The van der Waals surface area contributed by atoms with Crippen LogP contribution in [0.4, 0.5) is 0 Å². The van der Waals surface area contributed by atoms with Crippen LogP contribution in [0, 0.1) is 0 Å². The Bertz CT molecular complexity index is 1070. The Morgan fingerprint density at radius 2 is 1.89 bits per heavy atom. The van der Waals surface area contributed by atoms with Crippen molar-refractivity contribution in [2.45, 2.75) is 6.42 Å². The number of imidazole rings is 1. The molecule has 0 bridgehead atoms. The van der Waals surface area contributed by atoms with Gasteiger partial charge in [0.05, 0.1) is 17.5 Å². The Labute approximate surface area is 162 Å². The number of aromatic nitrogens is 5. The fraction of sp³-hybridized carbons (Fsp3) is 0.143. The maximum atomic E-state index is 12.7. The minimum Gasteiger partial charge on any atom is -0.351 e. The van der Waals surface area contributed by atoms with Gasteiger partial charge in [0.25, 0.3) is 5.91 Å². The van der Waals surface area contributed by atoms with Gasteiger partial charge in [-0.1, -0.05) is 30.3 Å². The van der Waals surface area contributed by atoms with Gasteiger partial charge in [0.1, 0.15) is 11.5 Å². The van der Waals surface area contributed by atoms with E-state index in [2.05, 4.69) is 25.4 Å². The Hall–Kier alpha value is -3.74. The maximum absolute atomic E-state index is 12.7. The van der Waals surface area contributed by atoms with E-state index >= 15 is 0 Å². The van der Waals surface area contributed by atoms with Crippen LogP contribution in [0.15, 0.2) is 67.3 Å². The molecule has 4 aromatic rings. The zero-order valence-corrected chi connectivity index (χ0v) is 15.5. The molecule has 0 aliphatic heterocycles. The zero-order chi connectivity index (χ0) is 19.3. The molecule has 1 amide bonds. The van der Waals surface area contributed by atoms with Crippen molar-refractivity contribution in [3.8, 4) is 22.5 Å². The summed E-state index contributed by atoms with van der Waals surface area (Å²) >= 11 is 0. The first-order valence-electron chi connectivity index (χ1n) is 9.02. The molecule has 1 aromatic carbocycles. The number of amides is 1. The number of aromatic amines is 1. The van der Waals surface area contributed by atoms with Crippen molar-refractivity contribution in [3.63, 3.8) is 0 Å². The van der Waals surface area contributed by atoms with Crippen LogP contribution in [-0.4, -0.2) is 37.2 Å². The van der Waals surface area contributed by atoms with Crippen molar-refractivity contribution in [3.05, 3.63) is 78.6 Å². The lowest BCUT2D eigenvalue weighted by Crippen LogP contribution is -2.26. The van der Waals surface area contributed by atoms with E-state index in [4.69, 9.17) is 0 Å². The van der Waals surface area contributed by atoms with E-state index in [1.807, 2.05) is 48.7 Å². The summed E-state index contributed by atoms with van der Waals surface area (Å²) in [5, 5.41) is 7.37. The summed E-state index contributed by atoms with van der Waals surface area (Å²) in [5.74, 6) is 0.675. The van der Waals surface area contributed by atoms with Crippen LogP contribution < -0.4 is 5.32 Å². The van der Waals surface area contributed by atoms with Gasteiger partial charge in [0.15, 0.2) is 0 Å². The Morgan fingerprint density at radius 3 is 2.68 bits per heavy atom. The number of nitrogens with zero attached hydrogens (tertiary/aromatic N) is 4. The summed E-state index contributed by atoms with van der Waals surface area (Å²) in [6.45, 7) is 0.477. The molecule has 0 atom stereocenters. The normalized spacial score (nSPS) is 10.8. The number of hydrogen-bond donors (Lipinski definition) is 2. The molecule has 2 N–H and O–H groups in total. The molecule has 7 heteroatoms. The van der Waals surface area contributed by atoms with E-state index in [-0.39, 0.29) is 5.91 Å². The number of aryl methyl sites for hydroxylation is 1. The summed E-state index contributed by atoms with van der Waals surface area (Å²) in [6, 6.07) is 13.7. The monoisotopic (exact) mass is 372 g/mol. The Morgan fingerprint density at radius 1 is 1.11 bits per heavy atom. The third-order valence-electron chi connectivity index (χ3n) is 4.39. The summed E-state index contributed by atoms with van der Waals surface area (Å²) in [6.07, 6.45) is 7.53. The first kappa shape index (κ1) is 17.7. The number of benzene rings is 1. The molecular weight excluding hydrogens is 352 g/mol. The second-order valence-electron chi connectivity index (χ2n) is 6.42. The van der Waals surface area contributed by atoms with Crippen molar-refractivity contribution in [1.29, 1.82) is 0 Å². The van der Waals surface area contributed by atoms with Gasteiger partial charge in [-0.2, -0.15) is 5.10 Å². The lowest BCUT2D eigenvalue weighted by molar-refractivity contribution is 0.0954. The predicted molar refractivity (Wildman–Crippen MR) is 106 cm³/mol. The molecule has 3 heterocycles. The first-order chi connectivity index (χ1) is 13.7. The maximum Gasteiger partial charge on any atom is 0.255 e. The van der Waals surface area contributed by atoms with Gasteiger partial charge in [-0.15, -0.1) is 0 Å². The number of nitrogens with one attached hydrogen (secondary N) is 2. The summed E-state index contributed by atoms with van der Waals surface area (Å²) in [7, 11) is 1.80. The Kier molecular flexibility index (Phi) is 4.97. The quantitative estimate of drug-likeness (QED) is 0.545. The molecule has 4 rings (SSSR count). The van der Waals surface area contributed by atoms with Crippen molar-refractivity contribution in [2.75, 3.05) is 6.54 Å². The highest BCUT2D eigenvalue weighted by Gasteiger charge is 2.17. The second kappa shape index (κ2) is 7.87. The van der Waals surface area contributed by atoms with Crippen LogP contribution in [0.3, 0.4) is 0 Å². The molecule has 0 radical (unpaired) electrons. The fourth-order valence-electron chi connectivity index (χ4n) is 3.02. The van der Waals surface area contributed by atoms with Crippen LogP contribution >= 0.6 is 0 Å². The second-order valence-corrected chi connectivity index (χ2v) is 6.42. The highest BCUT2D eigenvalue weighted by molar-refractivity contribution is 5.99. The highest BCUT2D eigenvalue weighted by Crippen LogP contribution is 2.21. The fourth-order valence-corrected chi connectivity index (χ4v) is 3.02. The topological polar surface area (TPSA) is 88.5 Å². The van der Waals surface area contributed by atoms with Gasteiger partial charge in [0, 0.05) is 44.2 Å². The molecule has 0 aliphatic carbocycles. The molecular formula is C21H20N6O. The number of hydrogen-bond acceptors (Lipinski definition) is 4. The van der Waals surface area contributed by atoms with Gasteiger partial charge < -0.3 is 10.3 Å². The molecule has 140 valence electrons. The summed E-state index contributed by atoms with van der Waals surface area (Å²) in [4.78, 5) is 24.4. The third-order valence-corrected chi connectivity index (χ3v) is 4.39. The van der Waals surface area contributed by atoms with Gasteiger partial charge in [0.2, 0.25) is 0 Å². The average Bonchev–Trinajstić information content (AvgIpc) is 3.36. The van der Waals surface area contributed by atoms with E-state index in [1.54, 1.807) is 30.3 Å². The number of carbonyl (C=O) groups excluding carboxylic acids is 1. The molecule has 0 spiro atoms. The lowest BCUT2D eigenvalue weighted by atomic mass is 10.1. The van der Waals surface area contributed by atoms with E-state index < -0.39 is 0 Å². The van der Waals surface area contributed by atoms with Crippen molar-refractivity contribution in [2.24, 2.45) is 7.05 Å². The molecule has 28 heavy (non-hydrogen) atoms. The number of pyridine rings is 1. The van der Waals surface area contributed by atoms with Crippen molar-refractivity contribution >= 4 is 5.91 Å². The van der Waals surface area contributed by atoms with Crippen molar-refractivity contribution < 1.29 is 4.79 Å². The van der Waals surface area contributed by atoms with Crippen LogP contribution in [0.25, 0.3) is 22.5 Å². The van der Waals surface area contributed by atoms with Crippen LogP contribution in [0.2, 0.25) is 0 Å². The van der Waals surface area contributed by atoms with Gasteiger partial charge in [-0.3, -0.25) is 14.5 Å². The van der Waals surface area contributed by atoms with E-state index in [0.717, 1.165) is 22.6 Å². The molecule has 3 aromatic heterocycles. The van der Waals surface area contributed by atoms with Gasteiger partial charge >= 0.3 is 0 Å². The minimum atomic E-state index is -0.158. The summed E-state index contributed by atoms with van der Waals surface area (Å²) in [5.41, 5.74) is 4.10. The smallest absolute Gasteiger partial charge is 0.255 e. The third kappa shape index (κ3) is 3.83. The Balaban J connectivity index is 1.40. The zero-order valence-electron chi connectivity index (χ0n) is 15.5. The summed E-state index contributed by atoms with van der Waals surface area (Å²) < 4.78 is 1.64. The lowest BCUT2D eigenvalue weighted by Gasteiger charge is -2.04. The SMILES string of the molecule is Cn1cc(C(=O)NCCc2ncc(-c3ccccc3)[nH]2)c(-c2ccncc2)n1. The molecule has 7 nitrogen and oxygen atoms in total. The predicted octanol–water partition coefficient (Wildman–Crippen LogP) is 2.84. The molecule has 0 unspecified atom stereocenters. The van der Waals surface area contributed by atoms with Crippen LogP contribution in [0.5, 0.6) is 0 Å². The van der Waals surface area contributed by atoms with Crippen LogP contribution in [-0.2, 0) is 13.5 Å². The molecule has 0 fully saturated rings. The minimum absolute atomic E-state index is 0.158. The molecule has 0 saturated carbocycles. The molecule has 0 saturated heterocycles. The van der Waals surface area contributed by atoms with E-state index in [0.29, 0.717) is 24.2 Å².